The summed E-state index contributed by atoms with van der Waals surface area (Å²) in [5, 5.41) is 12.2. The van der Waals surface area contributed by atoms with Crippen LogP contribution in [0.2, 0.25) is 0 Å². The Hall–Kier alpha value is -3.01. The van der Waals surface area contributed by atoms with Crippen molar-refractivity contribution in [1.82, 2.24) is 15.1 Å². The minimum atomic E-state index is -0.866. The number of hydrogen-bond acceptors (Lipinski definition) is 7. The number of hydrogen-bond donors (Lipinski definition) is 2. The third kappa shape index (κ3) is 4.57. The van der Waals surface area contributed by atoms with Crippen LogP contribution in [0.5, 0.6) is 5.75 Å². The van der Waals surface area contributed by atoms with Gasteiger partial charge in [0.05, 0.1) is 19.3 Å². The molecule has 0 aromatic heterocycles. The van der Waals surface area contributed by atoms with E-state index in [0.717, 1.165) is 11.3 Å². The van der Waals surface area contributed by atoms with Crippen LogP contribution in [0.4, 0.5) is 10.5 Å². The summed E-state index contributed by atoms with van der Waals surface area (Å²) < 4.78 is 11.2. The fourth-order valence-electron chi connectivity index (χ4n) is 4.63. The van der Waals surface area contributed by atoms with E-state index in [9.17, 15) is 19.5 Å². The smallest absolute Gasteiger partial charge is 0.410 e. The van der Waals surface area contributed by atoms with Crippen molar-refractivity contribution in [3.8, 4) is 5.75 Å². The van der Waals surface area contributed by atoms with Gasteiger partial charge in [0.25, 0.3) is 5.91 Å². The number of benzene rings is 1. The summed E-state index contributed by atoms with van der Waals surface area (Å²) in [6.45, 7) is 8.07. The van der Waals surface area contributed by atoms with Crippen LogP contribution >= 0.6 is 0 Å². The van der Waals surface area contributed by atoms with E-state index in [0.29, 0.717) is 50.3 Å². The molecule has 3 heterocycles. The molecule has 0 spiro atoms. The molecule has 33 heavy (non-hydrogen) atoms. The maximum Gasteiger partial charge on any atom is 0.410 e. The molecule has 0 saturated carbocycles. The zero-order valence-corrected chi connectivity index (χ0v) is 19.6. The summed E-state index contributed by atoms with van der Waals surface area (Å²) in [4.78, 5) is 43.2. The van der Waals surface area contributed by atoms with Gasteiger partial charge >= 0.3 is 6.09 Å². The highest BCUT2D eigenvalue weighted by Gasteiger charge is 2.41. The zero-order valence-electron chi connectivity index (χ0n) is 19.6. The Morgan fingerprint density at radius 1 is 1.12 bits per heavy atom. The molecule has 180 valence electrons. The zero-order chi connectivity index (χ0) is 23.9. The van der Waals surface area contributed by atoms with Crippen LogP contribution in [0, 0.1) is 0 Å². The Kier molecular flexibility index (Phi) is 6.13. The molecule has 3 aliphatic heterocycles. The number of rotatable bonds is 3. The van der Waals surface area contributed by atoms with Gasteiger partial charge in [0.1, 0.15) is 23.6 Å². The lowest BCUT2D eigenvalue weighted by molar-refractivity contribution is -0.132. The molecule has 4 rings (SSSR count). The number of carbonyl (C=O) groups is 3. The van der Waals surface area contributed by atoms with Crippen LogP contribution < -0.4 is 15.0 Å². The first-order chi connectivity index (χ1) is 15.6. The normalized spacial score (nSPS) is 23.4. The molecule has 0 bridgehead atoms. The van der Waals surface area contributed by atoms with Gasteiger partial charge in [-0.1, -0.05) is 0 Å². The number of aliphatic hydroxyl groups excluding tert-OH is 1. The summed E-state index contributed by atoms with van der Waals surface area (Å²) in [6, 6.07) is 3.04. The Bertz CT molecular complexity index is 951. The van der Waals surface area contributed by atoms with Crippen LogP contribution in [0.15, 0.2) is 12.1 Å². The Morgan fingerprint density at radius 3 is 2.42 bits per heavy atom. The van der Waals surface area contributed by atoms with E-state index in [1.807, 2.05) is 26.8 Å². The van der Waals surface area contributed by atoms with Crippen molar-refractivity contribution in [2.24, 2.45) is 0 Å². The average molecular weight is 461 g/mol. The highest BCUT2D eigenvalue weighted by atomic mass is 16.6. The van der Waals surface area contributed by atoms with Crippen molar-refractivity contribution < 1.29 is 29.0 Å². The summed E-state index contributed by atoms with van der Waals surface area (Å²) in [5.74, 6) is 0.0683. The minimum Gasteiger partial charge on any atom is -0.494 e. The van der Waals surface area contributed by atoms with Crippen molar-refractivity contribution >= 4 is 23.6 Å². The van der Waals surface area contributed by atoms with Gasteiger partial charge in [-0.3, -0.25) is 9.59 Å². The lowest BCUT2D eigenvalue weighted by Crippen LogP contribution is -2.54. The summed E-state index contributed by atoms with van der Waals surface area (Å²) in [7, 11) is 1.58. The second-order valence-corrected chi connectivity index (χ2v) is 9.65. The fraction of sp³-hybridized carbons (Fsp3) is 0.609. The van der Waals surface area contributed by atoms with Gasteiger partial charge in [0, 0.05) is 37.3 Å². The van der Waals surface area contributed by atoms with E-state index < -0.39 is 17.9 Å². The molecule has 2 N–H and O–H groups in total. The lowest BCUT2D eigenvalue weighted by Gasteiger charge is -2.37. The number of amides is 3. The van der Waals surface area contributed by atoms with E-state index in [4.69, 9.17) is 9.47 Å². The molecule has 1 aromatic carbocycles. The van der Waals surface area contributed by atoms with Gasteiger partial charge in [-0.2, -0.15) is 0 Å². The molecule has 2 unspecified atom stereocenters. The topological polar surface area (TPSA) is 112 Å². The highest BCUT2D eigenvalue weighted by Crippen LogP contribution is 2.40. The average Bonchev–Trinajstić information content (AvgIpc) is 3.08. The number of nitrogens with one attached hydrogen (secondary N) is 1. The minimum absolute atomic E-state index is 0.207. The summed E-state index contributed by atoms with van der Waals surface area (Å²) in [6.07, 6.45) is -0.371. The van der Waals surface area contributed by atoms with Crippen LogP contribution in [0.1, 0.15) is 49.5 Å². The Balaban J connectivity index is 1.49. The summed E-state index contributed by atoms with van der Waals surface area (Å²) >= 11 is 0. The van der Waals surface area contributed by atoms with E-state index in [1.165, 1.54) is 0 Å². The predicted molar refractivity (Wildman–Crippen MR) is 120 cm³/mol. The molecule has 3 amide bonds. The Labute approximate surface area is 193 Å². The number of ether oxygens (including phenoxy) is 2. The number of carbonyl (C=O) groups excluding carboxylic acids is 3. The molecule has 10 heteroatoms. The third-order valence-corrected chi connectivity index (χ3v) is 6.24. The van der Waals surface area contributed by atoms with Gasteiger partial charge in [-0.25, -0.2) is 4.79 Å². The van der Waals surface area contributed by atoms with E-state index in [-0.39, 0.29) is 24.5 Å². The molecule has 2 fully saturated rings. The first-order valence-corrected chi connectivity index (χ1v) is 11.3. The number of nitrogens with zero attached hydrogens (tertiary/aromatic N) is 3. The monoisotopic (exact) mass is 460 g/mol. The predicted octanol–water partition coefficient (Wildman–Crippen LogP) is 1.31. The number of piperidine rings is 1. The number of aliphatic hydroxyl groups is 1. The second-order valence-electron chi connectivity index (χ2n) is 9.65. The van der Waals surface area contributed by atoms with Crippen LogP contribution in [0.25, 0.3) is 0 Å². The number of anilines is 1. The van der Waals surface area contributed by atoms with Crippen molar-refractivity contribution in [3.05, 3.63) is 23.3 Å². The van der Waals surface area contributed by atoms with Gasteiger partial charge < -0.3 is 34.6 Å². The van der Waals surface area contributed by atoms with Gasteiger partial charge in [-0.15, -0.1) is 0 Å². The lowest BCUT2D eigenvalue weighted by atomic mass is 10.0. The van der Waals surface area contributed by atoms with Crippen LogP contribution in [0.3, 0.4) is 0 Å². The van der Waals surface area contributed by atoms with Gasteiger partial charge in [0.15, 0.2) is 0 Å². The number of piperazine rings is 1. The number of fused-ring (bicyclic) bond motifs is 1. The standard InChI is InChI=1S/C23H32N4O6/c1-23(2,3)33-22(31)26-11-9-25(10-12-26)16-6-5-14-15(19(16)32-4)13-27(21(14)30)17-7-8-18(28)24-20(17)29/h5-6,17-18,28H,7-13H2,1-4H3,(H,24,29). The molecule has 2 atom stereocenters. The fourth-order valence-corrected chi connectivity index (χ4v) is 4.63. The van der Waals surface area contributed by atoms with E-state index >= 15 is 0 Å². The SMILES string of the molecule is COc1c(N2CCN(C(=O)OC(C)(C)C)CC2)ccc2c1CN(C1CCC(O)NC1=O)C2=O. The van der Waals surface area contributed by atoms with Crippen LogP contribution in [-0.4, -0.2) is 84.0 Å². The number of methoxy groups -OCH3 is 1. The first-order valence-electron chi connectivity index (χ1n) is 11.3. The van der Waals surface area contributed by atoms with Crippen molar-refractivity contribution in [2.75, 3.05) is 38.2 Å². The van der Waals surface area contributed by atoms with Crippen molar-refractivity contribution in [2.45, 2.75) is 58.0 Å². The second kappa shape index (κ2) is 8.74. The van der Waals surface area contributed by atoms with E-state index in [1.54, 1.807) is 23.0 Å². The van der Waals surface area contributed by atoms with Crippen molar-refractivity contribution in [3.63, 3.8) is 0 Å². The molecular formula is C23H32N4O6. The highest BCUT2D eigenvalue weighted by molar-refractivity contribution is 6.02. The molecule has 2 saturated heterocycles. The van der Waals surface area contributed by atoms with E-state index in [2.05, 4.69) is 10.2 Å². The van der Waals surface area contributed by atoms with Crippen molar-refractivity contribution in [1.29, 1.82) is 0 Å². The largest absolute Gasteiger partial charge is 0.494 e. The maximum atomic E-state index is 13.1. The molecular weight excluding hydrogens is 428 g/mol. The molecule has 1 aromatic rings. The third-order valence-electron chi connectivity index (χ3n) is 6.24. The molecule has 3 aliphatic rings. The molecule has 0 aliphatic carbocycles. The molecule has 0 radical (unpaired) electrons. The molecule has 10 nitrogen and oxygen atoms in total. The quantitative estimate of drug-likeness (QED) is 0.699. The Morgan fingerprint density at radius 2 is 1.82 bits per heavy atom. The van der Waals surface area contributed by atoms with Gasteiger partial charge in [-0.05, 0) is 45.7 Å². The summed E-state index contributed by atoms with van der Waals surface area (Å²) in [5.41, 5.74) is 1.61. The van der Waals surface area contributed by atoms with Crippen LogP contribution in [-0.2, 0) is 16.1 Å². The first kappa shape index (κ1) is 23.2. The maximum absolute atomic E-state index is 13.1. The van der Waals surface area contributed by atoms with Gasteiger partial charge in [0.2, 0.25) is 5.91 Å².